The van der Waals surface area contributed by atoms with Crippen LogP contribution in [-0.2, 0) is 4.79 Å². The van der Waals surface area contributed by atoms with Crippen molar-refractivity contribution in [2.45, 2.75) is 0 Å². The molecular weight excluding hydrogens is 412 g/mol. The first-order valence-corrected chi connectivity index (χ1v) is 9.75. The van der Waals surface area contributed by atoms with Gasteiger partial charge >= 0.3 is 0 Å². The Morgan fingerprint density at radius 3 is 2.59 bits per heavy atom. The molecule has 1 aromatic carbocycles. The highest BCUT2D eigenvalue weighted by Crippen LogP contribution is 2.32. The largest absolute Gasteiger partial charge is 0.486 e. The van der Waals surface area contributed by atoms with E-state index in [1.54, 1.807) is 0 Å². The Hall–Kier alpha value is -2.32. The Morgan fingerprint density at radius 2 is 1.85 bits per heavy atom. The number of carbonyl (C=O) groups is 1. The molecule has 1 N–H and O–H groups in total. The van der Waals surface area contributed by atoms with Gasteiger partial charge in [0.15, 0.2) is 11.5 Å². The van der Waals surface area contributed by atoms with Gasteiger partial charge in [0, 0.05) is 48.6 Å². The van der Waals surface area contributed by atoms with Crippen molar-refractivity contribution in [1.82, 2.24) is 9.88 Å². The second kappa shape index (κ2) is 8.14. The van der Waals surface area contributed by atoms with Crippen molar-refractivity contribution in [3.8, 4) is 11.5 Å². The lowest BCUT2D eigenvalue weighted by atomic mass is 10.2. The molecule has 1 saturated heterocycles. The Balaban J connectivity index is 1.27. The number of rotatable bonds is 4. The van der Waals surface area contributed by atoms with E-state index in [0.29, 0.717) is 25.5 Å². The summed E-state index contributed by atoms with van der Waals surface area (Å²) in [7, 11) is 0. The molecule has 0 saturated carbocycles. The van der Waals surface area contributed by atoms with Gasteiger partial charge in [-0.1, -0.05) is 0 Å². The van der Waals surface area contributed by atoms with Crippen LogP contribution in [-0.4, -0.2) is 61.7 Å². The van der Waals surface area contributed by atoms with Crippen LogP contribution in [0.4, 0.5) is 11.5 Å². The molecule has 1 fully saturated rings. The van der Waals surface area contributed by atoms with Crippen LogP contribution in [0.25, 0.3) is 0 Å². The highest BCUT2D eigenvalue weighted by molar-refractivity contribution is 9.10. The van der Waals surface area contributed by atoms with Gasteiger partial charge in [0.1, 0.15) is 19.0 Å². The number of pyridine rings is 1. The standard InChI is InChI=1S/C19H21BrN4O3/c20-14-1-4-18(21-12-14)24-7-5-23(6-8-24)13-19(25)22-15-2-3-16-17(11-15)27-10-9-26-16/h1-4,11-12H,5-10,13H2,(H,22,25). The molecule has 3 heterocycles. The molecule has 0 atom stereocenters. The molecule has 2 aliphatic heterocycles. The lowest BCUT2D eigenvalue weighted by Crippen LogP contribution is -2.48. The molecular formula is C19H21BrN4O3. The maximum absolute atomic E-state index is 12.4. The number of amides is 1. The number of piperazine rings is 1. The number of halogens is 1. The zero-order valence-corrected chi connectivity index (χ0v) is 16.4. The fourth-order valence-corrected chi connectivity index (χ4v) is 3.45. The second-order valence-electron chi connectivity index (χ2n) is 6.50. The van der Waals surface area contributed by atoms with E-state index in [1.165, 1.54) is 0 Å². The number of fused-ring (bicyclic) bond motifs is 1. The van der Waals surface area contributed by atoms with E-state index in [2.05, 4.69) is 36.0 Å². The van der Waals surface area contributed by atoms with Crippen molar-refractivity contribution in [2.75, 3.05) is 56.2 Å². The first kappa shape index (κ1) is 18.1. The first-order chi connectivity index (χ1) is 13.2. The molecule has 4 rings (SSSR count). The summed E-state index contributed by atoms with van der Waals surface area (Å²) in [6.07, 6.45) is 1.81. The fraction of sp³-hybridized carbons (Fsp3) is 0.368. The number of benzene rings is 1. The smallest absolute Gasteiger partial charge is 0.238 e. The molecule has 0 bridgehead atoms. The monoisotopic (exact) mass is 432 g/mol. The van der Waals surface area contributed by atoms with E-state index in [4.69, 9.17) is 9.47 Å². The molecule has 0 radical (unpaired) electrons. The Kier molecular flexibility index (Phi) is 5.45. The van der Waals surface area contributed by atoms with Crippen molar-refractivity contribution >= 4 is 33.3 Å². The second-order valence-corrected chi connectivity index (χ2v) is 7.42. The lowest BCUT2D eigenvalue weighted by Gasteiger charge is -2.35. The normalized spacial score (nSPS) is 16.9. The quantitative estimate of drug-likeness (QED) is 0.799. The molecule has 142 valence electrons. The summed E-state index contributed by atoms with van der Waals surface area (Å²) in [5, 5.41) is 2.94. The third kappa shape index (κ3) is 4.51. The molecule has 0 unspecified atom stereocenters. The van der Waals surface area contributed by atoms with Crippen LogP contribution < -0.4 is 19.7 Å². The minimum Gasteiger partial charge on any atom is -0.486 e. The number of nitrogens with zero attached hydrogens (tertiary/aromatic N) is 3. The van der Waals surface area contributed by atoms with Crippen molar-refractivity contribution in [3.05, 3.63) is 41.0 Å². The minimum atomic E-state index is -0.0260. The maximum Gasteiger partial charge on any atom is 0.238 e. The van der Waals surface area contributed by atoms with Crippen LogP contribution in [0.15, 0.2) is 41.0 Å². The van der Waals surface area contributed by atoms with Gasteiger partial charge in [0.05, 0.1) is 6.54 Å². The van der Waals surface area contributed by atoms with E-state index >= 15 is 0 Å². The Morgan fingerprint density at radius 1 is 1.07 bits per heavy atom. The van der Waals surface area contributed by atoms with E-state index in [1.807, 2.05) is 36.5 Å². The first-order valence-electron chi connectivity index (χ1n) is 8.96. The van der Waals surface area contributed by atoms with E-state index in [-0.39, 0.29) is 5.91 Å². The Labute approximate surface area is 166 Å². The Bertz CT molecular complexity index is 807. The van der Waals surface area contributed by atoms with Gasteiger partial charge < -0.3 is 19.7 Å². The van der Waals surface area contributed by atoms with Crippen molar-refractivity contribution < 1.29 is 14.3 Å². The number of aromatic nitrogens is 1. The molecule has 0 aliphatic carbocycles. The summed E-state index contributed by atoms with van der Waals surface area (Å²) in [5.41, 5.74) is 0.724. The zero-order chi connectivity index (χ0) is 18.6. The zero-order valence-electron chi connectivity index (χ0n) is 14.9. The third-order valence-electron chi connectivity index (χ3n) is 4.60. The predicted octanol–water partition coefficient (Wildman–Crippen LogP) is 2.38. The van der Waals surface area contributed by atoms with Crippen molar-refractivity contribution in [1.29, 1.82) is 0 Å². The average Bonchev–Trinajstić information content (AvgIpc) is 2.69. The molecule has 2 aromatic rings. The molecule has 1 amide bonds. The number of hydrogen-bond donors (Lipinski definition) is 1. The van der Waals surface area contributed by atoms with E-state index in [0.717, 1.165) is 47.9 Å². The van der Waals surface area contributed by atoms with Gasteiger partial charge in [0.2, 0.25) is 5.91 Å². The topological polar surface area (TPSA) is 66.9 Å². The van der Waals surface area contributed by atoms with E-state index in [9.17, 15) is 4.79 Å². The SMILES string of the molecule is O=C(CN1CCN(c2ccc(Br)cn2)CC1)Nc1ccc2c(c1)OCCO2. The maximum atomic E-state index is 12.4. The van der Waals surface area contributed by atoms with Crippen molar-refractivity contribution in [2.24, 2.45) is 0 Å². The summed E-state index contributed by atoms with van der Waals surface area (Å²) < 4.78 is 12.0. The van der Waals surface area contributed by atoms with Crippen LogP contribution in [0, 0.1) is 0 Å². The molecule has 0 spiro atoms. The third-order valence-corrected chi connectivity index (χ3v) is 5.07. The average molecular weight is 433 g/mol. The number of ether oxygens (including phenoxy) is 2. The summed E-state index contributed by atoms with van der Waals surface area (Å²) in [6, 6.07) is 9.48. The van der Waals surface area contributed by atoms with Gasteiger partial charge in [-0.25, -0.2) is 4.98 Å². The fourth-order valence-electron chi connectivity index (χ4n) is 3.21. The number of hydrogen-bond acceptors (Lipinski definition) is 6. The summed E-state index contributed by atoms with van der Waals surface area (Å²) >= 11 is 3.41. The van der Waals surface area contributed by atoms with Crippen LogP contribution in [0.5, 0.6) is 11.5 Å². The van der Waals surface area contributed by atoms with Crippen LogP contribution >= 0.6 is 15.9 Å². The summed E-state index contributed by atoms with van der Waals surface area (Å²) in [5.74, 6) is 2.34. The van der Waals surface area contributed by atoms with Gasteiger partial charge in [-0.2, -0.15) is 0 Å². The summed E-state index contributed by atoms with van der Waals surface area (Å²) in [4.78, 5) is 21.2. The predicted molar refractivity (Wildman–Crippen MR) is 107 cm³/mol. The number of nitrogens with one attached hydrogen (secondary N) is 1. The molecule has 8 heteroatoms. The lowest BCUT2D eigenvalue weighted by molar-refractivity contribution is -0.117. The van der Waals surface area contributed by atoms with Crippen LogP contribution in [0.2, 0.25) is 0 Å². The molecule has 7 nitrogen and oxygen atoms in total. The molecule has 2 aliphatic rings. The van der Waals surface area contributed by atoms with Gasteiger partial charge in [-0.3, -0.25) is 9.69 Å². The van der Waals surface area contributed by atoms with Crippen LogP contribution in [0.3, 0.4) is 0 Å². The number of carbonyl (C=O) groups excluding carboxylic acids is 1. The molecule has 27 heavy (non-hydrogen) atoms. The highest BCUT2D eigenvalue weighted by Gasteiger charge is 2.20. The summed E-state index contributed by atoms with van der Waals surface area (Å²) in [6.45, 7) is 4.81. The minimum absolute atomic E-state index is 0.0260. The molecule has 1 aromatic heterocycles. The van der Waals surface area contributed by atoms with Gasteiger partial charge in [-0.15, -0.1) is 0 Å². The van der Waals surface area contributed by atoms with Gasteiger partial charge in [-0.05, 0) is 40.2 Å². The van der Waals surface area contributed by atoms with E-state index < -0.39 is 0 Å². The van der Waals surface area contributed by atoms with Crippen LogP contribution in [0.1, 0.15) is 0 Å². The highest BCUT2D eigenvalue weighted by atomic mass is 79.9. The number of anilines is 2. The van der Waals surface area contributed by atoms with Gasteiger partial charge in [0.25, 0.3) is 0 Å². The van der Waals surface area contributed by atoms with Crippen molar-refractivity contribution in [3.63, 3.8) is 0 Å².